The molecule has 12 heteroatoms. The number of carbonyl (C=O) groups is 1. The molecule has 0 aromatic carbocycles. The fourth-order valence-electron chi connectivity index (χ4n) is 3.61. The number of nitriles is 1. The van der Waals surface area contributed by atoms with E-state index in [4.69, 9.17) is 11.6 Å². The van der Waals surface area contributed by atoms with Crippen LogP contribution in [-0.2, 0) is 4.79 Å². The number of hydrogen-bond acceptors (Lipinski definition) is 6. The minimum atomic E-state index is -4.53. The number of carbonyl (C=O) groups excluding carboxylic acids is 1. The number of fused-ring (bicyclic) bond motifs is 1. The van der Waals surface area contributed by atoms with Gasteiger partial charge in [-0.3, -0.25) is 4.79 Å². The minimum absolute atomic E-state index is 0.230. The van der Waals surface area contributed by atoms with Crippen LogP contribution in [0.5, 0.6) is 0 Å². The van der Waals surface area contributed by atoms with Crippen molar-refractivity contribution in [1.29, 1.82) is 5.26 Å². The topological polar surface area (TPSA) is 111 Å². The molecule has 3 aromatic rings. The highest BCUT2D eigenvalue weighted by Gasteiger charge is 2.40. The van der Waals surface area contributed by atoms with E-state index in [0.717, 1.165) is 0 Å². The van der Waals surface area contributed by atoms with Gasteiger partial charge in [-0.25, -0.2) is 15.0 Å². The molecule has 8 nitrogen and oxygen atoms in total. The number of H-pyrrole nitrogens is 1. The second-order valence-electron chi connectivity index (χ2n) is 6.97. The van der Waals surface area contributed by atoms with Crippen LogP contribution in [0.2, 0.25) is 5.02 Å². The van der Waals surface area contributed by atoms with E-state index >= 15 is 0 Å². The van der Waals surface area contributed by atoms with Crippen molar-refractivity contribution in [2.45, 2.75) is 31.1 Å². The summed E-state index contributed by atoms with van der Waals surface area (Å²) in [6.07, 6.45) is 0.645. The van der Waals surface area contributed by atoms with Gasteiger partial charge >= 0.3 is 6.18 Å². The number of rotatable bonds is 4. The van der Waals surface area contributed by atoms with Gasteiger partial charge in [0.25, 0.3) is 0 Å². The van der Waals surface area contributed by atoms with Crippen LogP contribution in [0.4, 0.5) is 19.0 Å². The van der Waals surface area contributed by atoms with Crippen molar-refractivity contribution in [1.82, 2.24) is 25.3 Å². The molecule has 1 amide bonds. The first-order chi connectivity index (χ1) is 14.8. The molecule has 160 valence electrons. The van der Waals surface area contributed by atoms with Crippen LogP contribution >= 0.6 is 11.6 Å². The van der Waals surface area contributed by atoms with E-state index < -0.39 is 30.7 Å². The zero-order valence-corrected chi connectivity index (χ0v) is 16.6. The number of nitrogens with zero attached hydrogens (tertiary/aromatic N) is 5. The first-order valence-electron chi connectivity index (χ1n) is 9.25. The van der Waals surface area contributed by atoms with E-state index in [1.54, 1.807) is 12.3 Å². The standard InChI is InChI=1S/C19H15ClF3N7O/c20-10-5-12-13(8-27-16(12)26-7-10)17-25-4-3-15(29-17)30-11(6-24)1-2-14(30)18(31)28-9-19(21,22)23/h3-5,7-8,11,14H,1-2,9H2,(H,26,27)(H,28,31)/t11-,14-/m1/s1. The van der Waals surface area contributed by atoms with E-state index in [-0.39, 0.29) is 12.2 Å². The number of aromatic nitrogens is 4. The van der Waals surface area contributed by atoms with Gasteiger partial charge in [-0.1, -0.05) is 11.6 Å². The predicted molar refractivity (Wildman–Crippen MR) is 106 cm³/mol. The highest BCUT2D eigenvalue weighted by molar-refractivity contribution is 6.31. The van der Waals surface area contributed by atoms with E-state index in [1.165, 1.54) is 23.4 Å². The molecule has 1 saturated heterocycles. The summed E-state index contributed by atoms with van der Waals surface area (Å²) in [6.45, 7) is -1.44. The maximum atomic E-state index is 12.5. The largest absolute Gasteiger partial charge is 0.405 e. The molecule has 0 bridgehead atoms. The maximum absolute atomic E-state index is 12.5. The third-order valence-corrected chi connectivity index (χ3v) is 5.15. The molecule has 0 saturated carbocycles. The fourth-order valence-corrected chi connectivity index (χ4v) is 3.76. The van der Waals surface area contributed by atoms with E-state index in [1.807, 2.05) is 5.32 Å². The molecule has 2 N–H and O–H groups in total. The van der Waals surface area contributed by atoms with Crippen LogP contribution < -0.4 is 10.2 Å². The van der Waals surface area contributed by atoms with Gasteiger partial charge in [0.05, 0.1) is 11.1 Å². The Morgan fingerprint density at radius 3 is 2.94 bits per heavy atom. The molecule has 4 rings (SSSR count). The molecule has 2 atom stereocenters. The lowest BCUT2D eigenvalue weighted by Crippen LogP contribution is -2.48. The Balaban J connectivity index is 1.68. The van der Waals surface area contributed by atoms with Gasteiger partial charge in [0.2, 0.25) is 5.91 Å². The Morgan fingerprint density at radius 1 is 1.39 bits per heavy atom. The number of aromatic amines is 1. The summed E-state index contributed by atoms with van der Waals surface area (Å²) < 4.78 is 37.5. The van der Waals surface area contributed by atoms with Gasteiger partial charge in [-0.2, -0.15) is 18.4 Å². The van der Waals surface area contributed by atoms with Gasteiger partial charge in [-0.05, 0) is 25.0 Å². The third kappa shape index (κ3) is 4.25. The zero-order chi connectivity index (χ0) is 22.2. The van der Waals surface area contributed by atoms with Gasteiger partial charge in [0, 0.05) is 29.5 Å². The summed E-state index contributed by atoms with van der Waals surface area (Å²) in [5.74, 6) is -0.241. The number of anilines is 1. The molecule has 31 heavy (non-hydrogen) atoms. The number of alkyl halides is 3. The molecule has 0 unspecified atom stereocenters. The Morgan fingerprint density at radius 2 is 2.19 bits per heavy atom. The van der Waals surface area contributed by atoms with Crippen molar-refractivity contribution in [3.05, 3.63) is 35.7 Å². The zero-order valence-electron chi connectivity index (χ0n) is 15.8. The lowest BCUT2D eigenvalue weighted by atomic mass is 10.2. The van der Waals surface area contributed by atoms with Crippen LogP contribution in [0.15, 0.2) is 30.7 Å². The average molecular weight is 450 g/mol. The second-order valence-corrected chi connectivity index (χ2v) is 7.41. The lowest BCUT2D eigenvalue weighted by molar-refractivity contribution is -0.139. The monoisotopic (exact) mass is 449 g/mol. The summed E-state index contributed by atoms with van der Waals surface area (Å²) in [6, 6.07) is 3.65. The molecular formula is C19H15ClF3N7O. The molecule has 1 aliphatic heterocycles. The number of amides is 1. The molecule has 3 aromatic heterocycles. The molecule has 1 fully saturated rings. The normalized spacial score (nSPS) is 18.9. The first kappa shape index (κ1) is 20.9. The van der Waals surface area contributed by atoms with Crippen LogP contribution in [-0.4, -0.2) is 50.6 Å². The minimum Gasteiger partial charge on any atom is -0.345 e. The van der Waals surface area contributed by atoms with Crippen LogP contribution in [0.3, 0.4) is 0 Å². The predicted octanol–water partition coefficient (Wildman–Crippen LogP) is 3.21. The SMILES string of the molecule is N#C[C@H]1CC[C@H](C(=O)NCC(F)(F)F)N1c1ccnc(-c2c[nH]c3ncc(Cl)cc23)n1. The van der Waals surface area contributed by atoms with E-state index in [9.17, 15) is 23.2 Å². The number of halogens is 4. The third-order valence-electron chi connectivity index (χ3n) is 4.94. The molecule has 0 spiro atoms. The Bertz CT molecular complexity index is 1170. The highest BCUT2D eigenvalue weighted by atomic mass is 35.5. The number of hydrogen-bond donors (Lipinski definition) is 2. The van der Waals surface area contributed by atoms with Crippen LogP contribution in [0.1, 0.15) is 12.8 Å². The maximum Gasteiger partial charge on any atom is 0.405 e. The second kappa shape index (κ2) is 8.03. The lowest BCUT2D eigenvalue weighted by Gasteiger charge is -2.27. The molecule has 4 heterocycles. The Kier molecular flexibility index (Phi) is 5.41. The van der Waals surface area contributed by atoms with Gasteiger partial charge < -0.3 is 15.2 Å². The van der Waals surface area contributed by atoms with Crippen molar-refractivity contribution in [3.8, 4) is 17.5 Å². The summed E-state index contributed by atoms with van der Waals surface area (Å²) in [4.78, 5) is 29.8. The average Bonchev–Trinajstić information content (AvgIpc) is 3.35. The molecule has 1 aliphatic rings. The molecule has 0 aliphatic carbocycles. The highest BCUT2D eigenvalue weighted by Crippen LogP contribution is 2.32. The van der Waals surface area contributed by atoms with Crippen molar-refractivity contribution >= 4 is 34.4 Å². The Hall–Kier alpha value is -3.39. The fraction of sp³-hybridized carbons (Fsp3) is 0.316. The number of nitrogens with one attached hydrogen (secondary N) is 2. The summed E-state index contributed by atoms with van der Waals surface area (Å²) in [5, 5.41) is 12.5. The Labute approximate surface area is 179 Å². The van der Waals surface area contributed by atoms with Crippen LogP contribution in [0.25, 0.3) is 22.4 Å². The van der Waals surface area contributed by atoms with E-state index in [2.05, 4.69) is 26.0 Å². The van der Waals surface area contributed by atoms with Crippen LogP contribution in [0, 0.1) is 11.3 Å². The van der Waals surface area contributed by atoms with Crippen molar-refractivity contribution in [3.63, 3.8) is 0 Å². The van der Waals surface area contributed by atoms with Gasteiger partial charge in [0.1, 0.15) is 30.1 Å². The van der Waals surface area contributed by atoms with E-state index in [0.29, 0.717) is 33.9 Å². The van der Waals surface area contributed by atoms with Gasteiger partial charge in [-0.15, -0.1) is 0 Å². The quantitative estimate of drug-likeness (QED) is 0.632. The van der Waals surface area contributed by atoms with Crippen molar-refractivity contribution in [2.24, 2.45) is 0 Å². The first-order valence-corrected chi connectivity index (χ1v) is 9.63. The van der Waals surface area contributed by atoms with Crippen molar-refractivity contribution in [2.75, 3.05) is 11.4 Å². The molecular weight excluding hydrogens is 435 g/mol. The smallest absolute Gasteiger partial charge is 0.345 e. The summed E-state index contributed by atoms with van der Waals surface area (Å²) >= 11 is 6.04. The molecule has 0 radical (unpaired) electrons. The number of pyridine rings is 1. The van der Waals surface area contributed by atoms with Gasteiger partial charge in [0.15, 0.2) is 5.82 Å². The summed E-state index contributed by atoms with van der Waals surface area (Å²) in [7, 11) is 0. The van der Waals surface area contributed by atoms with Crippen molar-refractivity contribution < 1.29 is 18.0 Å². The summed E-state index contributed by atoms with van der Waals surface area (Å²) in [5.41, 5.74) is 1.19.